The second-order valence-corrected chi connectivity index (χ2v) is 8.70. The molecule has 3 aromatic rings. The number of anilines is 1. The molecule has 0 aliphatic carbocycles. The van der Waals surface area contributed by atoms with Gasteiger partial charge in [0.1, 0.15) is 5.82 Å². The van der Waals surface area contributed by atoms with Crippen molar-refractivity contribution < 1.29 is 8.91 Å². The van der Waals surface area contributed by atoms with Crippen molar-refractivity contribution in [3.63, 3.8) is 0 Å². The van der Waals surface area contributed by atoms with Gasteiger partial charge in [0, 0.05) is 23.6 Å². The second kappa shape index (κ2) is 9.53. The van der Waals surface area contributed by atoms with Crippen molar-refractivity contribution in [1.29, 1.82) is 0 Å². The largest absolute Gasteiger partial charge is 0.370 e. The van der Waals surface area contributed by atoms with Gasteiger partial charge in [-0.3, -0.25) is 10.3 Å². The number of benzene rings is 2. The first-order valence-corrected chi connectivity index (χ1v) is 11.1. The summed E-state index contributed by atoms with van der Waals surface area (Å²) in [5.74, 6) is 0.545. The Labute approximate surface area is 188 Å². The predicted molar refractivity (Wildman–Crippen MR) is 126 cm³/mol. The number of nitrogens with one attached hydrogen (secondary N) is 1. The number of nitrogens with zero attached hydrogens (tertiary/aromatic N) is 3. The van der Waals surface area contributed by atoms with Crippen molar-refractivity contribution in [3.05, 3.63) is 71.7 Å². The van der Waals surface area contributed by atoms with Crippen molar-refractivity contribution in [1.82, 2.24) is 10.1 Å². The number of rotatable bonds is 7. The molecule has 6 nitrogen and oxygen atoms in total. The topological polar surface area (TPSA) is 79.7 Å². The molecule has 2 aromatic carbocycles. The smallest absolute Gasteiger partial charge is 0.231 e. The first kappa shape index (κ1) is 22.0. The molecule has 0 spiro atoms. The lowest BCUT2D eigenvalue weighted by Crippen LogP contribution is -2.26. The van der Waals surface area contributed by atoms with E-state index in [0.29, 0.717) is 24.0 Å². The molecule has 32 heavy (non-hydrogen) atoms. The fourth-order valence-corrected chi connectivity index (χ4v) is 4.02. The maximum atomic E-state index is 14.1. The van der Waals surface area contributed by atoms with Crippen LogP contribution in [0.1, 0.15) is 37.9 Å². The molecule has 2 heterocycles. The zero-order valence-corrected chi connectivity index (χ0v) is 18.6. The summed E-state index contributed by atoms with van der Waals surface area (Å²) in [6, 6.07) is 16.5. The van der Waals surface area contributed by atoms with E-state index in [2.05, 4.69) is 34.2 Å². The van der Waals surface area contributed by atoms with Gasteiger partial charge in [-0.2, -0.15) is 0 Å². The molecule has 1 saturated heterocycles. The molecule has 168 valence electrons. The second-order valence-electron chi connectivity index (χ2n) is 8.70. The molecular weight excluding hydrogens is 405 g/mol. The van der Waals surface area contributed by atoms with Gasteiger partial charge in [-0.05, 0) is 43.1 Å². The third-order valence-electron chi connectivity index (χ3n) is 6.09. The van der Waals surface area contributed by atoms with Crippen molar-refractivity contribution in [3.8, 4) is 11.1 Å². The number of hydrogen-bond donors (Lipinski definition) is 2. The minimum atomic E-state index is -0.404. The molecule has 1 aliphatic rings. The van der Waals surface area contributed by atoms with E-state index in [9.17, 15) is 4.39 Å². The summed E-state index contributed by atoms with van der Waals surface area (Å²) in [4.78, 5) is 6.77. The van der Waals surface area contributed by atoms with Gasteiger partial charge in [0.05, 0.1) is 12.2 Å². The van der Waals surface area contributed by atoms with Gasteiger partial charge in [0.25, 0.3) is 0 Å². The van der Waals surface area contributed by atoms with E-state index < -0.39 is 5.41 Å². The Morgan fingerprint density at radius 3 is 2.59 bits per heavy atom. The van der Waals surface area contributed by atoms with Gasteiger partial charge in [0.15, 0.2) is 5.96 Å². The van der Waals surface area contributed by atoms with Crippen LogP contribution < -0.4 is 11.1 Å². The molecule has 0 atom stereocenters. The molecule has 0 unspecified atom stereocenters. The molecule has 7 heteroatoms. The van der Waals surface area contributed by atoms with Crippen LogP contribution in [0, 0.1) is 5.82 Å². The normalized spacial score (nSPS) is 15.3. The maximum Gasteiger partial charge on any atom is 0.231 e. The van der Waals surface area contributed by atoms with Crippen molar-refractivity contribution in [2.45, 2.75) is 32.1 Å². The number of aromatic nitrogens is 1. The Balaban J connectivity index is 1.41. The van der Waals surface area contributed by atoms with Crippen LogP contribution in [0.15, 0.2) is 64.1 Å². The Hall–Kier alpha value is -3.19. The summed E-state index contributed by atoms with van der Waals surface area (Å²) in [5, 5.41) is 7.23. The number of likely N-dealkylation sites (tertiary alicyclic amines) is 1. The van der Waals surface area contributed by atoms with Crippen molar-refractivity contribution >= 4 is 11.8 Å². The minimum absolute atomic E-state index is 0.230. The lowest BCUT2D eigenvalue weighted by molar-refractivity contribution is 0.349. The molecule has 1 aliphatic heterocycles. The summed E-state index contributed by atoms with van der Waals surface area (Å²) >= 11 is 0. The highest BCUT2D eigenvalue weighted by Crippen LogP contribution is 2.33. The summed E-state index contributed by atoms with van der Waals surface area (Å²) in [5.41, 5.74) is 8.84. The van der Waals surface area contributed by atoms with E-state index in [1.165, 1.54) is 18.9 Å². The lowest BCUT2D eigenvalue weighted by Gasteiger charge is -2.22. The van der Waals surface area contributed by atoms with Gasteiger partial charge >= 0.3 is 0 Å². The molecule has 3 N–H and O–H groups in total. The van der Waals surface area contributed by atoms with Crippen LogP contribution in [0.25, 0.3) is 11.1 Å². The lowest BCUT2D eigenvalue weighted by atomic mass is 9.81. The van der Waals surface area contributed by atoms with Gasteiger partial charge in [-0.15, -0.1) is 0 Å². The standard InChI is InChI=1S/C25H30FN5O/c1-25(2,19-11-9-18(10-12-19)20-7-3-4-8-21(20)26)22-17-23(32-30-22)29-24(27)28-13-16-31-14-5-6-15-31/h3-4,7-12,17H,5-6,13-16H2,1-2H3,(H3,27,28,29). The zero-order valence-electron chi connectivity index (χ0n) is 18.6. The molecule has 0 amide bonds. The first-order valence-electron chi connectivity index (χ1n) is 11.1. The minimum Gasteiger partial charge on any atom is -0.370 e. The zero-order chi connectivity index (χ0) is 22.6. The van der Waals surface area contributed by atoms with E-state index in [1.54, 1.807) is 12.1 Å². The number of hydrogen-bond acceptors (Lipinski definition) is 4. The van der Waals surface area contributed by atoms with E-state index in [0.717, 1.165) is 36.5 Å². The number of aliphatic imine (C=N–C) groups is 1. The van der Waals surface area contributed by atoms with Gasteiger partial charge < -0.3 is 15.2 Å². The fourth-order valence-electron chi connectivity index (χ4n) is 4.02. The third kappa shape index (κ3) is 4.99. The highest BCUT2D eigenvalue weighted by Gasteiger charge is 2.27. The summed E-state index contributed by atoms with van der Waals surface area (Å²) in [7, 11) is 0. The van der Waals surface area contributed by atoms with Crippen molar-refractivity contribution in [2.24, 2.45) is 10.7 Å². The molecule has 0 radical (unpaired) electrons. The summed E-state index contributed by atoms with van der Waals surface area (Å²) < 4.78 is 19.5. The van der Waals surface area contributed by atoms with Gasteiger partial charge in [0.2, 0.25) is 5.88 Å². The monoisotopic (exact) mass is 435 g/mol. The molecule has 1 fully saturated rings. The molecular formula is C25H30FN5O. The number of guanidine groups is 1. The van der Waals surface area contributed by atoms with Crippen LogP contribution in [0.2, 0.25) is 0 Å². The van der Waals surface area contributed by atoms with Crippen molar-refractivity contribution in [2.75, 3.05) is 31.5 Å². The van der Waals surface area contributed by atoms with Gasteiger partial charge in [-0.25, -0.2) is 4.39 Å². The van der Waals surface area contributed by atoms with Crippen LogP contribution in [0.5, 0.6) is 0 Å². The summed E-state index contributed by atoms with van der Waals surface area (Å²) in [6.07, 6.45) is 2.53. The third-order valence-corrected chi connectivity index (χ3v) is 6.09. The Morgan fingerprint density at radius 2 is 1.88 bits per heavy atom. The number of nitrogens with two attached hydrogens (primary N) is 1. The van der Waals surface area contributed by atoms with Crippen LogP contribution in [0.4, 0.5) is 10.3 Å². The quantitative estimate of drug-likeness (QED) is 0.418. The van der Waals surface area contributed by atoms with E-state index in [-0.39, 0.29) is 5.82 Å². The average Bonchev–Trinajstić information content (AvgIpc) is 3.47. The van der Waals surface area contributed by atoms with Crippen LogP contribution in [0.3, 0.4) is 0 Å². The highest BCUT2D eigenvalue weighted by molar-refractivity contribution is 5.91. The SMILES string of the molecule is CC(C)(c1ccc(-c2ccccc2F)cc1)c1cc(NC(N)=NCCN2CCCC2)on1. The Kier molecular flexibility index (Phi) is 6.55. The average molecular weight is 436 g/mol. The Morgan fingerprint density at radius 1 is 1.16 bits per heavy atom. The highest BCUT2D eigenvalue weighted by atomic mass is 19.1. The van der Waals surface area contributed by atoms with E-state index in [1.807, 2.05) is 36.4 Å². The van der Waals surface area contributed by atoms with Crippen LogP contribution >= 0.6 is 0 Å². The molecule has 0 saturated carbocycles. The first-order chi connectivity index (χ1) is 15.4. The van der Waals surface area contributed by atoms with Crippen LogP contribution in [-0.2, 0) is 5.41 Å². The molecule has 1 aromatic heterocycles. The molecule has 0 bridgehead atoms. The number of halogens is 1. The molecule has 4 rings (SSSR count). The van der Waals surface area contributed by atoms with E-state index >= 15 is 0 Å². The predicted octanol–water partition coefficient (Wildman–Crippen LogP) is 4.63. The summed E-state index contributed by atoms with van der Waals surface area (Å²) in [6.45, 7) is 8.00. The van der Waals surface area contributed by atoms with Crippen LogP contribution in [-0.4, -0.2) is 42.2 Å². The fraction of sp³-hybridized carbons (Fsp3) is 0.360. The van der Waals surface area contributed by atoms with E-state index in [4.69, 9.17) is 10.3 Å². The Bertz CT molecular complexity index is 1070. The maximum absolute atomic E-state index is 14.1. The van der Waals surface area contributed by atoms with Gasteiger partial charge in [-0.1, -0.05) is 61.5 Å².